The van der Waals surface area contributed by atoms with E-state index >= 15 is 0 Å². The molecule has 72 valence electrons. The summed E-state index contributed by atoms with van der Waals surface area (Å²) >= 11 is 1.54. The zero-order valence-electron chi connectivity index (χ0n) is 7.80. The molecule has 0 saturated carbocycles. The van der Waals surface area contributed by atoms with Gasteiger partial charge in [-0.15, -0.1) is 11.3 Å². The van der Waals surface area contributed by atoms with Gasteiger partial charge in [-0.2, -0.15) is 0 Å². The maximum atomic E-state index is 12.0. The molecule has 0 fully saturated rings. The fourth-order valence-corrected chi connectivity index (χ4v) is 2.99. The van der Waals surface area contributed by atoms with Gasteiger partial charge in [-0.25, -0.2) is 0 Å². The SMILES string of the molecule is O=c1c2c([nH]c3ccsc13)CCCC2. The van der Waals surface area contributed by atoms with Crippen molar-refractivity contribution < 1.29 is 0 Å². The molecule has 2 heterocycles. The highest BCUT2D eigenvalue weighted by molar-refractivity contribution is 7.17. The topological polar surface area (TPSA) is 32.9 Å². The predicted octanol–water partition coefficient (Wildman–Crippen LogP) is 2.47. The average Bonchev–Trinajstić information content (AvgIpc) is 2.66. The highest BCUT2D eigenvalue weighted by Crippen LogP contribution is 2.22. The summed E-state index contributed by atoms with van der Waals surface area (Å²) in [7, 11) is 0. The van der Waals surface area contributed by atoms with Crippen LogP contribution >= 0.6 is 11.3 Å². The van der Waals surface area contributed by atoms with Crippen molar-refractivity contribution in [2.45, 2.75) is 25.7 Å². The minimum Gasteiger partial charge on any atom is -0.357 e. The maximum Gasteiger partial charge on any atom is 0.202 e. The quantitative estimate of drug-likeness (QED) is 0.704. The molecule has 0 aliphatic heterocycles. The Kier molecular flexibility index (Phi) is 1.74. The van der Waals surface area contributed by atoms with Crippen molar-refractivity contribution in [3.63, 3.8) is 0 Å². The highest BCUT2D eigenvalue weighted by Gasteiger charge is 2.15. The number of H-pyrrole nitrogens is 1. The van der Waals surface area contributed by atoms with Gasteiger partial charge in [0.1, 0.15) is 0 Å². The van der Waals surface area contributed by atoms with Crippen LogP contribution in [0.1, 0.15) is 24.1 Å². The Morgan fingerprint density at radius 2 is 2.14 bits per heavy atom. The number of fused-ring (bicyclic) bond motifs is 2. The molecule has 0 radical (unpaired) electrons. The van der Waals surface area contributed by atoms with Gasteiger partial charge < -0.3 is 4.98 Å². The fraction of sp³-hybridized carbons (Fsp3) is 0.364. The van der Waals surface area contributed by atoms with E-state index in [0.717, 1.165) is 35.0 Å². The molecule has 1 N–H and O–H groups in total. The standard InChI is InChI=1S/C11H11NOS/c13-10-7-3-1-2-4-8(7)12-9-5-6-14-11(9)10/h5-6H,1-4H2,(H,12,13). The van der Waals surface area contributed by atoms with Gasteiger partial charge in [0.15, 0.2) is 0 Å². The molecule has 3 rings (SSSR count). The third kappa shape index (κ3) is 1.05. The minimum atomic E-state index is 0.267. The van der Waals surface area contributed by atoms with Gasteiger partial charge in [-0.05, 0) is 37.1 Å². The van der Waals surface area contributed by atoms with Crippen molar-refractivity contribution in [3.8, 4) is 0 Å². The van der Waals surface area contributed by atoms with E-state index in [0.29, 0.717) is 0 Å². The molecule has 2 nitrogen and oxygen atoms in total. The molecule has 0 amide bonds. The molecule has 1 aliphatic carbocycles. The number of hydrogen-bond acceptors (Lipinski definition) is 2. The zero-order chi connectivity index (χ0) is 9.54. The van der Waals surface area contributed by atoms with Crippen LogP contribution < -0.4 is 5.43 Å². The molecule has 0 aromatic carbocycles. The molecule has 0 unspecified atom stereocenters. The molecule has 0 saturated heterocycles. The van der Waals surface area contributed by atoms with E-state index in [1.807, 2.05) is 11.4 Å². The first kappa shape index (κ1) is 8.24. The second-order valence-electron chi connectivity index (χ2n) is 3.78. The second kappa shape index (κ2) is 2.95. The number of hydrogen-bond donors (Lipinski definition) is 1. The summed E-state index contributed by atoms with van der Waals surface area (Å²) in [6.07, 6.45) is 4.36. The summed E-state index contributed by atoms with van der Waals surface area (Å²) in [4.78, 5) is 15.4. The van der Waals surface area contributed by atoms with Crippen LogP contribution in [0.4, 0.5) is 0 Å². The van der Waals surface area contributed by atoms with Crippen molar-refractivity contribution in [1.82, 2.24) is 4.98 Å². The molecular formula is C11H11NOS. The Hall–Kier alpha value is -1.09. The van der Waals surface area contributed by atoms with Crippen molar-refractivity contribution in [3.05, 3.63) is 32.9 Å². The first-order valence-electron chi connectivity index (χ1n) is 4.97. The van der Waals surface area contributed by atoms with E-state index < -0.39 is 0 Å². The van der Waals surface area contributed by atoms with Gasteiger partial charge in [0, 0.05) is 11.3 Å². The zero-order valence-corrected chi connectivity index (χ0v) is 8.62. The van der Waals surface area contributed by atoms with Gasteiger partial charge >= 0.3 is 0 Å². The maximum absolute atomic E-state index is 12.0. The molecular weight excluding hydrogens is 194 g/mol. The fourth-order valence-electron chi connectivity index (χ4n) is 2.18. The smallest absolute Gasteiger partial charge is 0.202 e. The Morgan fingerprint density at radius 1 is 1.29 bits per heavy atom. The van der Waals surface area contributed by atoms with Crippen LogP contribution in [-0.2, 0) is 12.8 Å². The number of nitrogens with one attached hydrogen (secondary N) is 1. The van der Waals surface area contributed by atoms with Crippen LogP contribution in [0.2, 0.25) is 0 Å². The summed E-state index contributed by atoms with van der Waals surface area (Å²) in [5.41, 5.74) is 3.49. The molecule has 0 spiro atoms. The van der Waals surface area contributed by atoms with Crippen molar-refractivity contribution in [1.29, 1.82) is 0 Å². The Labute approximate surface area is 85.6 Å². The van der Waals surface area contributed by atoms with Crippen LogP contribution in [-0.4, -0.2) is 4.98 Å². The Balaban J connectivity index is 2.42. The third-order valence-corrected chi connectivity index (χ3v) is 3.81. The van der Waals surface area contributed by atoms with Crippen LogP contribution in [0.3, 0.4) is 0 Å². The van der Waals surface area contributed by atoms with Crippen molar-refractivity contribution in [2.75, 3.05) is 0 Å². The predicted molar refractivity (Wildman–Crippen MR) is 59.1 cm³/mol. The number of aromatic amines is 1. The summed E-state index contributed by atoms with van der Waals surface area (Å²) in [5.74, 6) is 0. The molecule has 14 heavy (non-hydrogen) atoms. The lowest BCUT2D eigenvalue weighted by Crippen LogP contribution is -2.17. The Morgan fingerprint density at radius 3 is 3.07 bits per heavy atom. The summed E-state index contributed by atoms with van der Waals surface area (Å²) in [6.45, 7) is 0. The lowest BCUT2D eigenvalue weighted by molar-refractivity contribution is 0.668. The van der Waals surface area contributed by atoms with Crippen LogP contribution in [0.5, 0.6) is 0 Å². The van der Waals surface area contributed by atoms with E-state index in [-0.39, 0.29) is 5.43 Å². The van der Waals surface area contributed by atoms with Crippen molar-refractivity contribution >= 4 is 21.6 Å². The minimum absolute atomic E-state index is 0.267. The van der Waals surface area contributed by atoms with E-state index in [1.54, 1.807) is 11.3 Å². The van der Waals surface area contributed by atoms with Gasteiger partial charge in [-0.1, -0.05) is 0 Å². The van der Waals surface area contributed by atoms with Gasteiger partial charge in [0.25, 0.3) is 0 Å². The van der Waals surface area contributed by atoms with E-state index in [1.165, 1.54) is 12.1 Å². The summed E-state index contributed by atoms with van der Waals surface area (Å²) < 4.78 is 0.894. The lowest BCUT2D eigenvalue weighted by Gasteiger charge is -2.14. The number of pyridine rings is 1. The largest absolute Gasteiger partial charge is 0.357 e. The van der Waals surface area contributed by atoms with E-state index in [4.69, 9.17) is 0 Å². The van der Waals surface area contributed by atoms with Gasteiger partial charge in [0.2, 0.25) is 5.43 Å². The normalized spacial score (nSPS) is 15.7. The second-order valence-corrected chi connectivity index (χ2v) is 4.70. The molecule has 1 aliphatic rings. The number of aromatic nitrogens is 1. The first-order valence-corrected chi connectivity index (χ1v) is 5.85. The molecule has 0 atom stereocenters. The van der Waals surface area contributed by atoms with E-state index in [2.05, 4.69) is 4.98 Å². The molecule has 0 bridgehead atoms. The molecule has 3 heteroatoms. The third-order valence-electron chi connectivity index (χ3n) is 2.90. The highest BCUT2D eigenvalue weighted by atomic mass is 32.1. The first-order chi connectivity index (χ1) is 6.86. The van der Waals surface area contributed by atoms with Crippen LogP contribution in [0.25, 0.3) is 10.2 Å². The van der Waals surface area contributed by atoms with E-state index in [9.17, 15) is 4.79 Å². The monoisotopic (exact) mass is 205 g/mol. The van der Waals surface area contributed by atoms with Crippen LogP contribution in [0, 0.1) is 0 Å². The lowest BCUT2D eigenvalue weighted by atomic mass is 9.96. The molecule has 2 aromatic heterocycles. The summed E-state index contributed by atoms with van der Waals surface area (Å²) in [5, 5.41) is 1.98. The Bertz CT molecular complexity index is 538. The van der Waals surface area contributed by atoms with Crippen molar-refractivity contribution in [2.24, 2.45) is 0 Å². The van der Waals surface area contributed by atoms with Gasteiger partial charge in [-0.3, -0.25) is 4.79 Å². The number of thiophene rings is 1. The number of rotatable bonds is 0. The summed E-state index contributed by atoms with van der Waals surface area (Å²) in [6, 6.07) is 2.00. The van der Waals surface area contributed by atoms with Gasteiger partial charge in [0.05, 0.1) is 10.2 Å². The number of aryl methyl sites for hydroxylation is 1. The van der Waals surface area contributed by atoms with Crippen LogP contribution in [0.15, 0.2) is 16.2 Å². The average molecular weight is 205 g/mol. The molecule has 2 aromatic rings.